The Morgan fingerprint density at radius 3 is 2.30 bits per heavy atom. The van der Waals surface area contributed by atoms with E-state index in [1.807, 2.05) is 36.4 Å². The number of thioether (sulfide) groups is 1. The molecule has 0 bridgehead atoms. The van der Waals surface area contributed by atoms with E-state index in [4.69, 9.17) is 4.74 Å². The number of aryl methyl sites for hydroxylation is 1. The normalized spacial score (nSPS) is 17.7. The van der Waals surface area contributed by atoms with E-state index in [0.717, 1.165) is 25.0 Å². The molecule has 2 aromatic carbocycles. The number of ether oxygens (including phenoxy) is 1. The Morgan fingerprint density at radius 1 is 0.970 bits per heavy atom. The first-order valence-electron chi connectivity index (χ1n) is 11.7. The number of carbonyl (C=O) groups is 3. The molecule has 0 unspecified atom stereocenters. The molecule has 2 aromatic rings. The van der Waals surface area contributed by atoms with Crippen LogP contribution >= 0.6 is 11.8 Å². The maximum atomic E-state index is 13.0. The molecule has 0 spiro atoms. The number of amides is 1. The highest BCUT2D eigenvalue weighted by Gasteiger charge is 2.49. The largest absolute Gasteiger partial charge is 0.466 e. The van der Waals surface area contributed by atoms with Gasteiger partial charge in [-0.15, -0.1) is 0 Å². The average Bonchev–Trinajstić information content (AvgIpc) is 3.64. The van der Waals surface area contributed by atoms with Crippen molar-refractivity contribution in [2.45, 2.75) is 50.8 Å². The quantitative estimate of drug-likeness (QED) is 0.325. The second-order valence-electron chi connectivity index (χ2n) is 8.42. The summed E-state index contributed by atoms with van der Waals surface area (Å²) < 4.78 is 5.02. The first-order valence-corrected chi connectivity index (χ1v) is 12.9. The van der Waals surface area contributed by atoms with Crippen molar-refractivity contribution in [3.8, 4) is 0 Å². The molecule has 1 N–H and O–H groups in total. The Kier molecular flexibility index (Phi) is 10.0. The van der Waals surface area contributed by atoms with Crippen LogP contribution in [0.5, 0.6) is 0 Å². The number of esters is 1. The van der Waals surface area contributed by atoms with Crippen LogP contribution in [0.4, 0.5) is 0 Å². The van der Waals surface area contributed by atoms with Crippen LogP contribution in [0.15, 0.2) is 60.7 Å². The minimum absolute atomic E-state index is 0.0605. The number of ketones is 1. The average molecular weight is 468 g/mol. The van der Waals surface area contributed by atoms with Crippen molar-refractivity contribution in [1.29, 1.82) is 0 Å². The summed E-state index contributed by atoms with van der Waals surface area (Å²) in [6.45, 7) is 2.07. The molecule has 1 fully saturated rings. The summed E-state index contributed by atoms with van der Waals surface area (Å²) in [5.41, 5.74) is 2.46. The molecule has 0 heterocycles. The van der Waals surface area contributed by atoms with Crippen molar-refractivity contribution in [3.05, 3.63) is 71.8 Å². The molecule has 1 saturated carbocycles. The van der Waals surface area contributed by atoms with Gasteiger partial charge in [0.05, 0.1) is 24.5 Å². The lowest BCUT2D eigenvalue weighted by atomic mass is 10.0. The standard InChI is InChI=1S/C27H33NO4S/c1-2-32-27(31)23-17-22(23)26(30)28-24(19-33-18-21-14-7-4-8-15-21)25(29)16-10-9-13-20-11-5-3-6-12-20/h3-8,11-12,14-15,22-24H,2,9-10,13,16-19H2,1H3,(H,28,30)/t22-,23-,24-/m0/s1. The third-order valence-corrected chi connectivity index (χ3v) is 6.91. The van der Waals surface area contributed by atoms with Gasteiger partial charge in [0.1, 0.15) is 0 Å². The topological polar surface area (TPSA) is 72.5 Å². The number of rotatable bonds is 14. The second kappa shape index (κ2) is 13.2. The lowest BCUT2D eigenvalue weighted by molar-refractivity contribution is -0.146. The Hall–Kier alpha value is -2.60. The molecule has 0 aromatic heterocycles. The molecule has 3 rings (SSSR count). The molecule has 0 saturated heterocycles. The highest BCUT2D eigenvalue weighted by molar-refractivity contribution is 7.98. The van der Waals surface area contributed by atoms with E-state index in [2.05, 4.69) is 29.6 Å². The SMILES string of the molecule is CCOC(=O)[C@H]1C[C@@H]1C(=O)N[C@@H](CSCc1ccccc1)C(=O)CCCCc1ccccc1. The van der Waals surface area contributed by atoms with E-state index in [9.17, 15) is 14.4 Å². The fraction of sp³-hybridized carbons (Fsp3) is 0.444. The summed E-state index contributed by atoms with van der Waals surface area (Å²) in [5, 5.41) is 2.93. The van der Waals surface area contributed by atoms with Gasteiger partial charge < -0.3 is 10.1 Å². The van der Waals surface area contributed by atoms with Gasteiger partial charge in [0.15, 0.2) is 5.78 Å². The van der Waals surface area contributed by atoms with Gasteiger partial charge in [0, 0.05) is 17.9 Å². The van der Waals surface area contributed by atoms with Crippen molar-refractivity contribution >= 4 is 29.4 Å². The molecule has 176 valence electrons. The number of carbonyl (C=O) groups excluding carboxylic acids is 3. The smallest absolute Gasteiger partial charge is 0.309 e. The third-order valence-electron chi connectivity index (χ3n) is 5.80. The minimum atomic E-state index is -0.536. The van der Waals surface area contributed by atoms with Crippen molar-refractivity contribution < 1.29 is 19.1 Å². The van der Waals surface area contributed by atoms with E-state index in [0.29, 0.717) is 25.2 Å². The van der Waals surface area contributed by atoms with Gasteiger partial charge in [0.25, 0.3) is 0 Å². The van der Waals surface area contributed by atoms with Crippen LogP contribution in [-0.2, 0) is 31.3 Å². The molecule has 33 heavy (non-hydrogen) atoms. The van der Waals surface area contributed by atoms with Crippen LogP contribution in [-0.4, -0.2) is 36.1 Å². The summed E-state index contributed by atoms with van der Waals surface area (Å²) >= 11 is 1.64. The number of benzene rings is 2. The molecule has 0 radical (unpaired) electrons. The van der Waals surface area contributed by atoms with Crippen molar-refractivity contribution in [2.75, 3.05) is 12.4 Å². The lowest BCUT2D eigenvalue weighted by Gasteiger charge is -2.18. The summed E-state index contributed by atoms with van der Waals surface area (Å²) in [7, 11) is 0. The van der Waals surface area contributed by atoms with Gasteiger partial charge in [0.2, 0.25) is 5.91 Å². The van der Waals surface area contributed by atoms with Gasteiger partial charge in [-0.1, -0.05) is 60.7 Å². The van der Waals surface area contributed by atoms with Gasteiger partial charge >= 0.3 is 5.97 Å². The fourth-order valence-electron chi connectivity index (χ4n) is 3.80. The zero-order valence-corrected chi connectivity index (χ0v) is 20.0. The van der Waals surface area contributed by atoms with Crippen LogP contribution in [0.1, 0.15) is 43.7 Å². The predicted octanol–water partition coefficient (Wildman–Crippen LogP) is 4.59. The maximum absolute atomic E-state index is 13.0. The summed E-state index contributed by atoms with van der Waals surface area (Å²) in [6, 6.07) is 19.8. The molecule has 1 amide bonds. The Balaban J connectivity index is 1.49. The summed E-state index contributed by atoms with van der Waals surface area (Å²) in [6.07, 6.45) is 3.60. The molecule has 1 aliphatic carbocycles. The number of hydrogen-bond donors (Lipinski definition) is 1. The Labute approximate surface area is 200 Å². The first kappa shape index (κ1) is 25.0. The van der Waals surface area contributed by atoms with E-state index in [-0.39, 0.29) is 29.5 Å². The zero-order chi connectivity index (χ0) is 23.5. The zero-order valence-electron chi connectivity index (χ0n) is 19.2. The Bertz CT molecular complexity index is 903. The highest BCUT2D eigenvalue weighted by Crippen LogP contribution is 2.39. The molecule has 6 heteroatoms. The number of unbranched alkanes of at least 4 members (excludes halogenated alkanes) is 1. The molecular formula is C27H33NO4S. The molecule has 3 atom stereocenters. The maximum Gasteiger partial charge on any atom is 0.309 e. The van der Waals surface area contributed by atoms with Crippen molar-refractivity contribution in [1.82, 2.24) is 5.32 Å². The van der Waals surface area contributed by atoms with E-state index >= 15 is 0 Å². The van der Waals surface area contributed by atoms with Crippen LogP contribution < -0.4 is 5.32 Å². The highest BCUT2D eigenvalue weighted by atomic mass is 32.2. The first-order chi connectivity index (χ1) is 16.1. The molecule has 1 aliphatic rings. The van der Waals surface area contributed by atoms with Crippen LogP contribution in [0, 0.1) is 11.8 Å². The van der Waals surface area contributed by atoms with Gasteiger partial charge in [-0.2, -0.15) is 11.8 Å². The van der Waals surface area contributed by atoms with Crippen molar-refractivity contribution in [3.63, 3.8) is 0 Å². The van der Waals surface area contributed by atoms with Gasteiger partial charge in [-0.3, -0.25) is 14.4 Å². The predicted molar refractivity (Wildman–Crippen MR) is 132 cm³/mol. The van der Waals surface area contributed by atoms with Crippen LogP contribution in [0.2, 0.25) is 0 Å². The lowest BCUT2D eigenvalue weighted by Crippen LogP contribution is -2.43. The van der Waals surface area contributed by atoms with Crippen molar-refractivity contribution in [2.24, 2.45) is 11.8 Å². The second-order valence-corrected chi connectivity index (χ2v) is 9.45. The van der Waals surface area contributed by atoms with Gasteiger partial charge in [-0.25, -0.2) is 0 Å². The van der Waals surface area contributed by atoms with E-state index in [1.165, 1.54) is 11.1 Å². The number of nitrogens with one attached hydrogen (secondary N) is 1. The fourth-order valence-corrected chi connectivity index (χ4v) is 4.86. The number of hydrogen-bond acceptors (Lipinski definition) is 5. The minimum Gasteiger partial charge on any atom is -0.466 e. The molecular weight excluding hydrogens is 434 g/mol. The number of Topliss-reactive ketones (excluding diaryl/α,β-unsaturated/α-hetero) is 1. The van der Waals surface area contributed by atoms with E-state index in [1.54, 1.807) is 18.7 Å². The summed E-state index contributed by atoms with van der Waals surface area (Å²) in [5.74, 6) is 0.0829. The van der Waals surface area contributed by atoms with Crippen LogP contribution in [0.3, 0.4) is 0 Å². The third kappa shape index (κ3) is 8.35. The van der Waals surface area contributed by atoms with E-state index < -0.39 is 6.04 Å². The van der Waals surface area contributed by atoms with Crippen LogP contribution in [0.25, 0.3) is 0 Å². The molecule has 5 nitrogen and oxygen atoms in total. The Morgan fingerprint density at radius 2 is 1.64 bits per heavy atom. The van der Waals surface area contributed by atoms with Gasteiger partial charge in [-0.05, 0) is 43.7 Å². The monoisotopic (exact) mass is 467 g/mol. The molecule has 0 aliphatic heterocycles. The summed E-state index contributed by atoms with van der Waals surface area (Å²) in [4.78, 5) is 37.6.